The molecule has 1 amide bonds. The molecule has 0 saturated heterocycles. The van der Waals surface area contributed by atoms with Crippen molar-refractivity contribution < 1.29 is 9.90 Å². The quantitative estimate of drug-likeness (QED) is 0.891. The summed E-state index contributed by atoms with van der Waals surface area (Å²) < 4.78 is 1.22. The lowest BCUT2D eigenvalue weighted by Gasteiger charge is -2.08. The average molecular weight is 286 g/mol. The fraction of sp³-hybridized carbons (Fsp3) is 0.250. The number of benzene rings is 1. The first kappa shape index (κ1) is 14.8. The summed E-state index contributed by atoms with van der Waals surface area (Å²) in [6, 6.07) is 9.49. The van der Waals surface area contributed by atoms with E-state index in [2.05, 4.69) is 5.32 Å². The first-order valence-corrected chi connectivity index (χ1v) is 6.71. The Bertz CT molecular complexity index is 702. The molecule has 0 radical (unpaired) electrons. The van der Waals surface area contributed by atoms with Gasteiger partial charge in [0.1, 0.15) is 0 Å². The molecule has 21 heavy (non-hydrogen) atoms. The van der Waals surface area contributed by atoms with Crippen LogP contribution in [0.1, 0.15) is 21.5 Å². The van der Waals surface area contributed by atoms with E-state index in [-0.39, 0.29) is 5.56 Å². The van der Waals surface area contributed by atoms with Crippen LogP contribution in [0.3, 0.4) is 0 Å². The average Bonchev–Trinajstić information content (AvgIpc) is 2.47. The van der Waals surface area contributed by atoms with Gasteiger partial charge in [0.05, 0.1) is 5.56 Å². The summed E-state index contributed by atoms with van der Waals surface area (Å²) in [7, 11) is 1.52. The fourth-order valence-corrected chi connectivity index (χ4v) is 1.97. The van der Waals surface area contributed by atoms with Crippen LogP contribution >= 0.6 is 0 Å². The van der Waals surface area contributed by atoms with Crippen molar-refractivity contribution in [2.75, 3.05) is 6.54 Å². The number of nitrogens with one attached hydrogen (secondary N) is 1. The van der Waals surface area contributed by atoms with Gasteiger partial charge in [0.15, 0.2) is 5.75 Å². The third kappa shape index (κ3) is 3.51. The van der Waals surface area contributed by atoms with Gasteiger partial charge in [0.25, 0.3) is 11.5 Å². The Morgan fingerprint density at radius 3 is 2.57 bits per heavy atom. The Balaban J connectivity index is 1.98. The molecule has 2 N–H and O–H groups in total. The fourth-order valence-electron chi connectivity index (χ4n) is 1.97. The van der Waals surface area contributed by atoms with Crippen LogP contribution in [-0.4, -0.2) is 22.1 Å². The van der Waals surface area contributed by atoms with Gasteiger partial charge in [0, 0.05) is 19.8 Å². The molecule has 0 spiro atoms. The summed E-state index contributed by atoms with van der Waals surface area (Å²) in [5.41, 5.74) is 1.73. The molecule has 0 aliphatic rings. The number of aromatic nitrogens is 1. The second-order valence-electron chi connectivity index (χ2n) is 4.99. The van der Waals surface area contributed by atoms with Crippen LogP contribution in [0.2, 0.25) is 0 Å². The number of hydrogen-bond acceptors (Lipinski definition) is 3. The maximum Gasteiger partial charge on any atom is 0.293 e. The van der Waals surface area contributed by atoms with Crippen molar-refractivity contribution >= 4 is 5.91 Å². The minimum Gasteiger partial charge on any atom is -0.502 e. The molecule has 2 aromatic rings. The van der Waals surface area contributed by atoms with Crippen LogP contribution in [0.15, 0.2) is 41.3 Å². The van der Waals surface area contributed by atoms with Crippen LogP contribution in [0.5, 0.6) is 5.75 Å². The Morgan fingerprint density at radius 1 is 1.24 bits per heavy atom. The van der Waals surface area contributed by atoms with Crippen LogP contribution in [-0.2, 0) is 13.5 Å². The van der Waals surface area contributed by atoms with Crippen molar-refractivity contribution in [3.05, 3.63) is 63.6 Å². The number of aryl methyl sites for hydroxylation is 2. The number of amides is 1. The molecule has 0 atom stereocenters. The summed E-state index contributed by atoms with van der Waals surface area (Å²) in [4.78, 5) is 23.5. The highest BCUT2D eigenvalue weighted by Gasteiger charge is 2.14. The Labute approximate surface area is 122 Å². The van der Waals surface area contributed by atoms with E-state index in [4.69, 9.17) is 0 Å². The Kier molecular flexibility index (Phi) is 4.42. The molecule has 0 saturated carbocycles. The largest absolute Gasteiger partial charge is 0.502 e. The van der Waals surface area contributed by atoms with Crippen molar-refractivity contribution in [3.63, 3.8) is 0 Å². The van der Waals surface area contributed by atoms with E-state index in [1.165, 1.54) is 29.4 Å². The zero-order valence-electron chi connectivity index (χ0n) is 12.1. The molecule has 1 aromatic carbocycles. The summed E-state index contributed by atoms with van der Waals surface area (Å²) >= 11 is 0. The van der Waals surface area contributed by atoms with Crippen molar-refractivity contribution in [2.24, 2.45) is 7.05 Å². The molecule has 0 unspecified atom stereocenters. The summed E-state index contributed by atoms with van der Waals surface area (Å²) in [6.07, 6.45) is 2.15. The van der Waals surface area contributed by atoms with Gasteiger partial charge >= 0.3 is 0 Å². The molecule has 5 nitrogen and oxygen atoms in total. The first-order chi connectivity index (χ1) is 9.99. The van der Waals surface area contributed by atoms with Gasteiger partial charge in [-0.05, 0) is 25.0 Å². The molecule has 5 heteroatoms. The van der Waals surface area contributed by atoms with Crippen molar-refractivity contribution in [3.8, 4) is 5.75 Å². The highest BCUT2D eigenvalue weighted by molar-refractivity contribution is 5.96. The van der Waals surface area contributed by atoms with E-state index < -0.39 is 17.2 Å². The summed E-state index contributed by atoms with van der Waals surface area (Å²) in [6.45, 7) is 2.46. The lowest BCUT2D eigenvalue weighted by molar-refractivity contribution is 0.0951. The number of rotatable bonds is 4. The lowest BCUT2D eigenvalue weighted by atomic mass is 10.1. The Hall–Kier alpha value is -2.56. The third-order valence-electron chi connectivity index (χ3n) is 3.31. The van der Waals surface area contributed by atoms with Gasteiger partial charge in [-0.15, -0.1) is 0 Å². The summed E-state index contributed by atoms with van der Waals surface area (Å²) in [5, 5.41) is 12.4. The van der Waals surface area contributed by atoms with Gasteiger partial charge < -0.3 is 15.0 Å². The smallest absolute Gasteiger partial charge is 0.293 e. The maximum atomic E-state index is 12.0. The van der Waals surface area contributed by atoms with Crippen LogP contribution in [0, 0.1) is 6.92 Å². The van der Waals surface area contributed by atoms with Crippen LogP contribution in [0.4, 0.5) is 0 Å². The minimum atomic E-state index is -0.582. The molecule has 0 fully saturated rings. The molecule has 0 aliphatic carbocycles. The highest BCUT2D eigenvalue weighted by Crippen LogP contribution is 2.10. The second-order valence-corrected chi connectivity index (χ2v) is 4.99. The second kappa shape index (κ2) is 6.26. The van der Waals surface area contributed by atoms with E-state index in [1.54, 1.807) is 0 Å². The number of hydrogen-bond donors (Lipinski definition) is 2. The molecular weight excluding hydrogens is 268 g/mol. The predicted octanol–water partition coefficient (Wildman–Crippen LogP) is 1.37. The summed E-state index contributed by atoms with van der Waals surface area (Å²) in [5.74, 6) is -0.967. The molecular formula is C16H18N2O3. The van der Waals surface area contributed by atoms with Gasteiger partial charge in [-0.2, -0.15) is 0 Å². The van der Waals surface area contributed by atoms with E-state index in [0.29, 0.717) is 13.0 Å². The Morgan fingerprint density at radius 2 is 1.90 bits per heavy atom. The van der Waals surface area contributed by atoms with E-state index in [1.807, 2.05) is 31.2 Å². The van der Waals surface area contributed by atoms with Crippen LogP contribution in [0.25, 0.3) is 0 Å². The molecule has 0 bridgehead atoms. The number of nitrogens with zero attached hydrogens (tertiary/aromatic N) is 1. The normalized spacial score (nSPS) is 10.4. The topological polar surface area (TPSA) is 71.3 Å². The van der Waals surface area contributed by atoms with E-state index in [9.17, 15) is 14.7 Å². The molecule has 110 valence electrons. The molecule has 2 rings (SSSR count). The number of carbonyl (C=O) groups excluding carboxylic acids is 1. The maximum absolute atomic E-state index is 12.0. The minimum absolute atomic E-state index is 0.00186. The predicted molar refractivity (Wildman–Crippen MR) is 80.6 cm³/mol. The zero-order chi connectivity index (χ0) is 15.4. The first-order valence-electron chi connectivity index (χ1n) is 6.71. The van der Waals surface area contributed by atoms with Crippen molar-refractivity contribution in [1.29, 1.82) is 0 Å². The van der Waals surface area contributed by atoms with Crippen molar-refractivity contribution in [2.45, 2.75) is 13.3 Å². The van der Waals surface area contributed by atoms with Crippen LogP contribution < -0.4 is 10.9 Å². The molecule has 1 aromatic heterocycles. The highest BCUT2D eigenvalue weighted by atomic mass is 16.3. The van der Waals surface area contributed by atoms with Gasteiger partial charge in [-0.3, -0.25) is 9.59 Å². The molecule has 1 heterocycles. The van der Waals surface area contributed by atoms with Crippen molar-refractivity contribution in [1.82, 2.24) is 9.88 Å². The number of pyridine rings is 1. The third-order valence-corrected chi connectivity index (χ3v) is 3.31. The van der Waals surface area contributed by atoms with Gasteiger partial charge in [-0.25, -0.2) is 0 Å². The standard InChI is InChI=1S/C16H18N2O3/c1-11-3-5-12(6-4-11)7-9-17-15(20)13-8-10-18(2)16(21)14(13)19/h3-6,8,10,19H,7,9H2,1-2H3,(H,17,20). The van der Waals surface area contributed by atoms with E-state index >= 15 is 0 Å². The van der Waals surface area contributed by atoms with Gasteiger partial charge in [-0.1, -0.05) is 29.8 Å². The number of aromatic hydroxyl groups is 1. The lowest BCUT2D eigenvalue weighted by Crippen LogP contribution is -2.28. The SMILES string of the molecule is Cc1ccc(CCNC(=O)c2ccn(C)c(=O)c2O)cc1. The molecule has 0 aliphatic heterocycles. The monoisotopic (exact) mass is 286 g/mol. The van der Waals surface area contributed by atoms with Gasteiger partial charge in [0.2, 0.25) is 0 Å². The zero-order valence-corrected chi connectivity index (χ0v) is 12.1. The number of carbonyl (C=O) groups is 1. The van der Waals surface area contributed by atoms with E-state index in [0.717, 1.165) is 5.56 Å².